The molecule has 0 unspecified atom stereocenters. The van der Waals surface area contributed by atoms with Gasteiger partial charge >= 0.3 is 0 Å². The molecule has 0 spiro atoms. The molecule has 7 rings (SSSR count). The third-order valence-electron chi connectivity index (χ3n) is 7.32. The molecule has 37 heavy (non-hydrogen) atoms. The van der Waals surface area contributed by atoms with Crippen LogP contribution in [0.4, 0.5) is 0 Å². The molecule has 6 heterocycles. The lowest BCUT2D eigenvalue weighted by atomic mass is 10.0. The van der Waals surface area contributed by atoms with Gasteiger partial charge in [0.05, 0.1) is 5.69 Å². The third-order valence-corrected chi connectivity index (χ3v) is 8.36. The fraction of sp³-hybridized carbons (Fsp3) is 0.233. The van der Waals surface area contributed by atoms with E-state index in [1.807, 2.05) is 29.9 Å². The number of pyridine rings is 2. The van der Waals surface area contributed by atoms with Crippen LogP contribution >= 0.6 is 11.3 Å². The fourth-order valence-corrected chi connectivity index (χ4v) is 6.36. The van der Waals surface area contributed by atoms with E-state index in [2.05, 4.69) is 80.5 Å². The van der Waals surface area contributed by atoms with Gasteiger partial charge in [-0.15, -0.1) is 11.3 Å². The first-order valence-corrected chi connectivity index (χ1v) is 13.7. The number of aromatic nitrogens is 5. The van der Waals surface area contributed by atoms with Crippen molar-refractivity contribution in [3.63, 3.8) is 0 Å². The molecule has 6 nitrogen and oxygen atoms in total. The van der Waals surface area contributed by atoms with Gasteiger partial charge < -0.3 is 4.98 Å². The van der Waals surface area contributed by atoms with E-state index in [-0.39, 0.29) is 0 Å². The summed E-state index contributed by atoms with van der Waals surface area (Å²) in [6.07, 6.45) is 9.76. The van der Waals surface area contributed by atoms with Crippen molar-refractivity contribution in [2.45, 2.75) is 32.7 Å². The molecule has 2 N–H and O–H groups in total. The van der Waals surface area contributed by atoms with Crippen LogP contribution in [-0.2, 0) is 6.54 Å². The van der Waals surface area contributed by atoms with Crippen LogP contribution in [0.2, 0.25) is 0 Å². The first-order chi connectivity index (χ1) is 18.2. The Balaban J connectivity index is 1.26. The number of nitrogens with one attached hydrogen (secondary N) is 2. The van der Waals surface area contributed by atoms with Crippen LogP contribution in [0.25, 0.3) is 54.9 Å². The minimum absolute atomic E-state index is 0.781. The van der Waals surface area contributed by atoms with Crippen LogP contribution in [0.5, 0.6) is 0 Å². The van der Waals surface area contributed by atoms with Gasteiger partial charge in [-0.05, 0) is 74.8 Å². The smallest absolute Gasteiger partial charge is 0.155 e. The Labute approximate surface area is 219 Å². The lowest BCUT2D eigenvalue weighted by Gasteiger charge is -2.26. The highest BCUT2D eigenvalue weighted by atomic mass is 32.1. The summed E-state index contributed by atoms with van der Waals surface area (Å²) < 4.78 is 0. The SMILES string of the molecule is Cc1ccc(-c2cccc3[nH]c(-c4n[nH]c5ncc(-c6cncc(CN7CCCCC7)c6)cc45)cc23)s1. The van der Waals surface area contributed by atoms with Gasteiger partial charge in [-0.1, -0.05) is 18.6 Å². The van der Waals surface area contributed by atoms with Crippen LogP contribution in [-0.4, -0.2) is 43.1 Å². The normalized spacial score (nSPS) is 14.6. The lowest BCUT2D eigenvalue weighted by Crippen LogP contribution is -2.29. The molecule has 1 saturated heterocycles. The van der Waals surface area contributed by atoms with Gasteiger partial charge in [-0.2, -0.15) is 5.10 Å². The molecular formula is C30H28N6S. The molecule has 1 aliphatic heterocycles. The zero-order valence-corrected chi connectivity index (χ0v) is 21.6. The van der Waals surface area contributed by atoms with E-state index in [4.69, 9.17) is 4.98 Å². The number of hydrogen-bond donors (Lipinski definition) is 2. The Kier molecular flexibility index (Phi) is 5.60. The molecule has 0 amide bonds. The predicted octanol–water partition coefficient (Wildman–Crippen LogP) is 7.19. The number of H-pyrrole nitrogens is 2. The largest absolute Gasteiger partial charge is 0.353 e. The van der Waals surface area contributed by atoms with Crippen LogP contribution in [0.1, 0.15) is 29.7 Å². The Morgan fingerprint density at radius 3 is 2.68 bits per heavy atom. The number of thiophene rings is 1. The van der Waals surface area contributed by atoms with Crippen molar-refractivity contribution in [3.8, 4) is 33.0 Å². The van der Waals surface area contributed by atoms with Crippen molar-refractivity contribution in [2.24, 2.45) is 0 Å². The molecule has 6 aromatic rings. The number of hydrogen-bond acceptors (Lipinski definition) is 5. The number of benzene rings is 1. The van der Waals surface area contributed by atoms with Gasteiger partial charge in [0.25, 0.3) is 0 Å². The number of aromatic amines is 2. The van der Waals surface area contributed by atoms with Gasteiger partial charge in [-0.25, -0.2) is 4.98 Å². The van der Waals surface area contributed by atoms with E-state index >= 15 is 0 Å². The topological polar surface area (TPSA) is 73.5 Å². The molecule has 1 aromatic carbocycles. The fourth-order valence-electron chi connectivity index (χ4n) is 5.45. The third kappa shape index (κ3) is 4.24. The summed E-state index contributed by atoms with van der Waals surface area (Å²) >= 11 is 1.82. The molecule has 1 fully saturated rings. The zero-order chi connectivity index (χ0) is 24.8. The molecule has 184 valence electrons. The second kappa shape index (κ2) is 9.25. The van der Waals surface area contributed by atoms with Crippen LogP contribution in [0.15, 0.2) is 67.1 Å². The summed E-state index contributed by atoms with van der Waals surface area (Å²) in [5, 5.41) is 9.98. The van der Waals surface area contributed by atoms with Gasteiger partial charge in [-0.3, -0.25) is 15.0 Å². The number of fused-ring (bicyclic) bond motifs is 2. The van der Waals surface area contributed by atoms with Gasteiger partial charge in [0.2, 0.25) is 0 Å². The van der Waals surface area contributed by atoms with E-state index in [9.17, 15) is 0 Å². The number of rotatable bonds is 5. The van der Waals surface area contributed by atoms with E-state index in [1.54, 1.807) is 0 Å². The Hall–Kier alpha value is -3.81. The van der Waals surface area contributed by atoms with Gasteiger partial charge in [0.15, 0.2) is 5.65 Å². The van der Waals surface area contributed by atoms with Crippen molar-refractivity contribution in [1.82, 2.24) is 30.0 Å². The molecule has 0 bridgehead atoms. The molecule has 5 aromatic heterocycles. The number of nitrogens with zero attached hydrogens (tertiary/aromatic N) is 4. The summed E-state index contributed by atoms with van der Waals surface area (Å²) in [6.45, 7) is 5.45. The Morgan fingerprint density at radius 2 is 1.81 bits per heavy atom. The van der Waals surface area contributed by atoms with E-state index in [0.29, 0.717) is 0 Å². The molecule has 0 atom stereocenters. The molecule has 0 radical (unpaired) electrons. The molecule has 1 aliphatic rings. The van der Waals surface area contributed by atoms with Crippen molar-refractivity contribution >= 4 is 33.3 Å². The first-order valence-electron chi connectivity index (χ1n) is 12.9. The number of likely N-dealkylation sites (tertiary alicyclic amines) is 1. The average molecular weight is 505 g/mol. The maximum Gasteiger partial charge on any atom is 0.155 e. The number of aryl methyl sites for hydroxylation is 1. The molecule has 0 saturated carbocycles. The zero-order valence-electron chi connectivity index (χ0n) is 20.8. The van der Waals surface area contributed by atoms with Crippen molar-refractivity contribution in [3.05, 3.63) is 77.6 Å². The molecular weight excluding hydrogens is 476 g/mol. The molecule has 7 heteroatoms. The number of piperidine rings is 1. The van der Waals surface area contributed by atoms with Crippen molar-refractivity contribution in [2.75, 3.05) is 13.1 Å². The Morgan fingerprint density at radius 1 is 0.919 bits per heavy atom. The highest BCUT2D eigenvalue weighted by Crippen LogP contribution is 2.37. The summed E-state index contributed by atoms with van der Waals surface area (Å²) in [6, 6.07) is 17.5. The highest BCUT2D eigenvalue weighted by Gasteiger charge is 2.16. The molecule has 0 aliphatic carbocycles. The maximum absolute atomic E-state index is 4.70. The summed E-state index contributed by atoms with van der Waals surface area (Å²) in [4.78, 5) is 18.0. The van der Waals surface area contributed by atoms with Crippen LogP contribution < -0.4 is 0 Å². The summed E-state index contributed by atoms with van der Waals surface area (Å²) in [5.41, 5.74) is 8.38. The van der Waals surface area contributed by atoms with Crippen LogP contribution in [0, 0.1) is 6.92 Å². The van der Waals surface area contributed by atoms with Crippen molar-refractivity contribution in [1.29, 1.82) is 0 Å². The van der Waals surface area contributed by atoms with E-state index in [1.165, 1.54) is 58.6 Å². The van der Waals surface area contributed by atoms with E-state index < -0.39 is 0 Å². The minimum atomic E-state index is 0.781. The standard InChI is InChI=1S/C30H28N6S/c1-19-8-9-28(37-19)23-6-5-7-26-24(23)14-27(33-26)29-25-13-22(17-32-30(25)35-34-29)21-12-20(15-31-16-21)18-36-10-3-2-4-11-36/h5-9,12-17,33H,2-4,10-11,18H2,1H3,(H,32,34,35). The average Bonchev–Trinajstić information content (AvgIpc) is 3.66. The Bertz CT molecular complexity index is 1720. The van der Waals surface area contributed by atoms with Gasteiger partial charge in [0.1, 0.15) is 5.69 Å². The second-order valence-corrected chi connectivity index (χ2v) is 11.3. The summed E-state index contributed by atoms with van der Waals surface area (Å²) in [7, 11) is 0. The quantitative estimate of drug-likeness (QED) is 0.261. The lowest BCUT2D eigenvalue weighted by molar-refractivity contribution is 0.220. The highest BCUT2D eigenvalue weighted by molar-refractivity contribution is 7.15. The second-order valence-electron chi connectivity index (χ2n) is 9.97. The predicted molar refractivity (Wildman–Crippen MR) is 152 cm³/mol. The minimum Gasteiger partial charge on any atom is -0.353 e. The van der Waals surface area contributed by atoms with Gasteiger partial charge in [0, 0.05) is 67.9 Å². The van der Waals surface area contributed by atoms with Crippen molar-refractivity contribution < 1.29 is 0 Å². The van der Waals surface area contributed by atoms with E-state index in [0.717, 1.165) is 45.6 Å². The maximum atomic E-state index is 4.70. The summed E-state index contributed by atoms with van der Waals surface area (Å²) in [5.74, 6) is 0. The van der Waals surface area contributed by atoms with Crippen LogP contribution in [0.3, 0.4) is 0 Å². The monoisotopic (exact) mass is 504 g/mol. The first kappa shape index (κ1) is 22.4.